The standard InChI is InChI=1S/C7H6O3.N2/c8-7(9)10-6-4-2-1-3-5-6;1-2/h1-5H,(H,8,9);. The van der Waals surface area contributed by atoms with Gasteiger partial charge in [-0.05, 0) is 12.1 Å². The Kier molecular flexibility index (Phi) is 4.69. The summed E-state index contributed by atoms with van der Waals surface area (Å²) in [6.07, 6.45) is -1.29. The number of nitrogens with zero attached hydrogens (tertiary/aromatic N) is 2. The van der Waals surface area contributed by atoms with E-state index in [1.165, 1.54) is 0 Å². The summed E-state index contributed by atoms with van der Waals surface area (Å²) < 4.78 is 4.33. The molecule has 0 radical (unpaired) electrons. The Balaban J connectivity index is 0.000000561. The Labute approximate surface area is 68.6 Å². The van der Waals surface area contributed by atoms with E-state index in [0.717, 1.165) is 0 Å². The summed E-state index contributed by atoms with van der Waals surface area (Å²) in [7, 11) is 0. The van der Waals surface area contributed by atoms with Gasteiger partial charge in [-0.25, -0.2) is 4.79 Å². The number of carboxylic acid groups (broad SMARTS) is 1. The Bertz CT molecular complexity index is 258. The number of para-hydroxylation sites is 1. The molecule has 0 aromatic heterocycles. The van der Waals surface area contributed by atoms with Gasteiger partial charge in [0.05, 0.1) is 0 Å². The highest BCUT2D eigenvalue weighted by Gasteiger charge is 1.96. The van der Waals surface area contributed by atoms with E-state index in [-0.39, 0.29) is 0 Å². The molecule has 1 N–H and O–H groups in total. The highest BCUT2D eigenvalue weighted by Crippen LogP contribution is 2.07. The molecule has 0 heterocycles. The lowest BCUT2D eigenvalue weighted by molar-refractivity contribution is 0.144. The quantitative estimate of drug-likeness (QED) is 0.389. The SMILES string of the molecule is N#N.O=C(O)Oc1ccccc1. The highest BCUT2D eigenvalue weighted by atomic mass is 16.7. The molecule has 0 bridgehead atoms. The number of hydrogen-bond donors (Lipinski definition) is 1. The molecular formula is C7H6N2O3. The van der Waals surface area contributed by atoms with Gasteiger partial charge in [0.2, 0.25) is 0 Å². The van der Waals surface area contributed by atoms with Crippen LogP contribution >= 0.6 is 0 Å². The van der Waals surface area contributed by atoms with E-state index >= 15 is 0 Å². The number of ether oxygens (including phenoxy) is 1. The van der Waals surface area contributed by atoms with Crippen molar-refractivity contribution < 1.29 is 14.6 Å². The van der Waals surface area contributed by atoms with Crippen molar-refractivity contribution in [3.8, 4) is 5.75 Å². The van der Waals surface area contributed by atoms with Gasteiger partial charge in [0.1, 0.15) is 5.75 Å². The number of carbonyl (C=O) groups is 1. The van der Waals surface area contributed by atoms with Gasteiger partial charge in [0.25, 0.3) is 0 Å². The van der Waals surface area contributed by atoms with Crippen LogP contribution in [-0.2, 0) is 0 Å². The zero-order valence-electron chi connectivity index (χ0n) is 6.04. The van der Waals surface area contributed by atoms with Crippen molar-refractivity contribution in [2.24, 2.45) is 0 Å². The van der Waals surface area contributed by atoms with Gasteiger partial charge in [-0.15, -0.1) is 0 Å². The summed E-state index contributed by atoms with van der Waals surface area (Å²) in [5, 5.41) is 20.1. The van der Waals surface area contributed by atoms with Crippen molar-refractivity contribution in [3.05, 3.63) is 30.3 Å². The third-order valence-electron chi connectivity index (χ3n) is 0.948. The predicted octanol–water partition coefficient (Wildman–Crippen LogP) is 1.77. The third kappa shape index (κ3) is 3.85. The van der Waals surface area contributed by atoms with E-state index in [9.17, 15) is 4.79 Å². The second-order valence-electron chi connectivity index (χ2n) is 1.68. The fraction of sp³-hybridized carbons (Fsp3) is 0. The molecule has 1 rings (SSSR count). The molecule has 0 saturated heterocycles. The molecule has 0 aliphatic heterocycles. The Morgan fingerprint density at radius 2 is 1.75 bits per heavy atom. The maximum Gasteiger partial charge on any atom is 0.511 e. The monoisotopic (exact) mass is 166 g/mol. The second-order valence-corrected chi connectivity index (χ2v) is 1.68. The van der Waals surface area contributed by atoms with E-state index in [4.69, 9.17) is 15.9 Å². The third-order valence-corrected chi connectivity index (χ3v) is 0.948. The predicted molar refractivity (Wildman–Crippen MR) is 38.5 cm³/mol. The van der Waals surface area contributed by atoms with Crippen LogP contribution < -0.4 is 4.74 Å². The molecule has 1 aromatic rings. The average molecular weight is 166 g/mol. The Morgan fingerprint density at radius 3 is 2.17 bits per heavy atom. The van der Waals surface area contributed by atoms with E-state index < -0.39 is 6.16 Å². The minimum Gasteiger partial charge on any atom is -0.449 e. The molecule has 0 fully saturated rings. The van der Waals surface area contributed by atoms with Crippen LogP contribution in [0.1, 0.15) is 0 Å². The van der Waals surface area contributed by atoms with Gasteiger partial charge in [-0.1, -0.05) is 18.2 Å². The van der Waals surface area contributed by atoms with Crippen molar-refractivity contribution in [3.63, 3.8) is 0 Å². The van der Waals surface area contributed by atoms with Crippen molar-refractivity contribution in [2.75, 3.05) is 0 Å². The molecule has 0 amide bonds. The molecule has 0 aliphatic rings. The highest BCUT2D eigenvalue weighted by molar-refractivity contribution is 5.60. The lowest BCUT2D eigenvalue weighted by atomic mass is 10.3. The van der Waals surface area contributed by atoms with Crippen LogP contribution in [0, 0.1) is 10.8 Å². The minimum absolute atomic E-state index is 0.343. The lowest BCUT2D eigenvalue weighted by Gasteiger charge is -1.95. The van der Waals surface area contributed by atoms with Crippen molar-refractivity contribution in [1.82, 2.24) is 0 Å². The molecule has 0 atom stereocenters. The molecule has 5 heteroatoms. The Hall–Kier alpha value is -2.09. The first-order valence-corrected chi connectivity index (χ1v) is 2.95. The van der Waals surface area contributed by atoms with Gasteiger partial charge < -0.3 is 9.84 Å². The van der Waals surface area contributed by atoms with Crippen LogP contribution in [-0.4, -0.2) is 11.3 Å². The normalized spacial score (nSPS) is 7.50. The molecule has 1 aromatic carbocycles. The maximum absolute atomic E-state index is 9.95. The van der Waals surface area contributed by atoms with E-state index in [2.05, 4.69) is 4.74 Å². The summed E-state index contributed by atoms with van der Waals surface area (Å²) in [5.74, 6) is 0.343. The number of benzene rings is 1. The van der Waals surface area contributed by atoms with Gasteiger partial charge in [0, 0.05) is 10.8 Å². The number of hydrogen-bond acceptors (Lipinski definition) is 4. The Morgan fingerprint density at radius 1 is 1.25 bits per heavy atom. The summed E-state index contributed by atoms with van der Waals surface area (Å²) >= 11 is 0. The molecule has 0 aliphatic carbocycles. The van der Waals surface area contributed by atoms with E-state index in [0.29, 0.717) is 5.75 Å². The van der Waals surface area contributed by atoms with Crippen LogP contribution in [0.4, 0.5) is 4.79 Å². The molecule has 0 spiro atoms. The van der Waals surface area contributed by atoms with Crippen molar-refractivity contribution in [1.29, 1.82) is 10.8 Å². The molecule has 12 heavy (non-hydrogen) atoms. The smallest absolute Gasteiger partial charge is 0.449 e. The zero-order valence-corrected chi connectivity index (χ0v) is 6.04. The van der Waals surface area contributed by atoms with Crippen LogP contribution in [0.2, 0.25) is 0 Å². The van der Waals surface area contributed by atoms with Gasteiger partial charge in [0.15, 0.2) is 0 Å². The van der Waals surface area contributed by atoms with Crippen LogP contribution in [0.5, 0.6) is 5.75 Å². The lowest BCUT2D eigenvalue weighted by Crippen LogP contribution is -2.02. The first-order chi connectivity index (χ1) is 5.79. The number of rotatable bonds is 1. The minimum atomic E-state index is -1.29. The van der Waals surface area contributed by atoms with E-state index in [1.54, 1.807) is 30.3 Å². The summed E-state index contributed by atoms with van der Waals surface area (Å²) in [6, 6.07) is 8.35. The van der Waals surface area contributed by atoms with Gasteiger partial charge in [-0.2, -0.15) is 0 Å². The van der Waals surface area contributed by atoms with Crippen LogP contribution in [0.3, 0.4) is 0 Å². The fourth-order valence-electron chi connectivity index (χ4n) is 0.589. The van der Waals surface area contributed by atoms with Crippen molar-refractivity contribution in [2.45, 2.75) is 0 Å². The summed E-state index contributed by atoms with van der Waals surface area (Å²) in [5.41, 5.74) is 0. The molecule has 62 valence electrons. The van der Waals surface area contributed by atoms with Crippen LogP contribution in [0.25, 0.3) is 0 Å². The van der Waals surface area contributed by atoms with Gasteiger partial charge >= 0.3 is 6.16 Å². The topological polar surface area (TPSA) is 94.1 Å². The zero-order chi connectivity index (χ0) is 9.40. The average Bonchev–Trinajstić information content (AvgIpc) is 2.08. The van der Waals surface area contributed by atoms with E-state index in [1.807, 2.05) is 0 Å². The second kappa shape index (κ2) is 5.68. The fourth-order valence-corrected chi connectivity index (χ4v) is 0.589. The molecule has 0 saturated carbocycles. The largest absolute Gasteiger partial charge is 0.511 e. The summed E-state index contributed by atoms with van der Waals surface area (Å²) in [4.78, 5) is 9.95. The van der Waals surface area contributed by atoms with Crippen LogP contribution in [0.15, 0.2) is 30.3 Å². The summed E-state index contributed by atoms with van der Waals surface area (Å²) in [6.45, 7) is 0. The van der Waals surface area contributed by atoms with Crippen molar-refractivity contribution >= 4 is 6.16 Å². The molecule has 5 nitrogen and oxygen atoms in total. The molecule has 0 unspecified atom stereocenters. The maximum atomic E-state index is 9.95. The first kappa shape index (κ1) is 9.91. The molecular weight excluding hydrogens is 160 g/mol. The van der Waals surface area contributed by atoms with Gasteiger partial charge in [-0.3, -0.25) is 0 Å². The first-order valence-electron chi connectivity index (χ1n) is 2.95.